The summed E-state index contributed by atoms with van der Waals surface area (Å²) < 4.78 is 5.79. The Balaban J connectivity index is 2.02. The highest BCUT2D eigenvalue weighted by Crippen LogP contribution is 2.19. The van der Waals surface area contributed by atoms with Crippen LogP contribution in [0.15, 0.2) is 42.5 Å². The van der Waals surface area contributed by atoms with Crippen LogP contribution in [0.2, 0.25) is 0 Å². The van der Waals surface area contributed by atoms with Crippen molar-refractivity contribution in [1.29, 1.82) is 0 Å². The summed E-state index contributed by atoms with van der Waals surface area (Å²) in [6.45, 7) is 6.75. The van der Waals surface area contributed by atoms with Crippen molar-refractivity contribution in [3.63, 3.8) is 0 Å². The van der Waals surface area contributed by atoms with Crippen LogP contribution in [-0.2, 0) is 0 Å². The second-order valence-corrected chi connectivity index (χ2v) is 5.02. The molecule has 0 fully saturated rings. The Hall–Kier alpha value is -1.80. The predicted octanol–water partition coefficient (Wildman–Crippen LogP) is 3.69. The highest BCUT2D eigenvalue weighted by molar-refractivity contribution is 5.34. The smallest absolute Gasteiger partial charge is 0.119 e. The van der Waals surface area contributed by atoms with Gasteiger partial charge in [0.1, 0.15) is 12.4 Å². The largest absolute Gasteiger partial charge is 0.492 e. The standard InChI is InChI=1S/C17H21NO/c1-12-8-9-15(10-14(12)3)19-11-17(18)16-7-5-4-6-13(16)2/h4-10,17H,11,18H2,1-3H3. The first kappa shape index (κ1) is 13.6. The first-order chi connectivity index (χ1) is 9.08. The van der Waals surface area contributed by atoms with E-state index in [0.29, 0.717) is 6.61 Å². The predicted molar refractivity (Wildman–Crippen MR) is 79.5 cm³/mol. The van der Waals surface area contributed by atoms with Crippen LogP contribution >= 0.6 is 0 Å². The van der Waals surface area contributed by atoms with Gasteiger partial charge >= 0.3 is 0 Å². The van der Waals surface area contributed by atoms with Gasteiger partial charge in [0, 0.05) is 0 Å². The van der Waals surface area contributed by atoms with Gasteiger partial charge in [0.2, 0.25) is 0 Å². The van der Waals surface area contributed by atoms with Crippen molar-refractivity contribution < 1.29 is 4.74 Å². The van der Waals surface area contributed by atoms with Gasteiger partial charge in [0.15, 0.2) is 0 Å². The highest BCUT2D eigenvalue weighted by Gasteiger charge is 2.09. The second-order valence-electron chi connectivity index (χ2n) is 5.02. The molecule has 0 saturated heterocycles. The molecule has 0 aliphatic carbocycles. The normalized spacial score (nSPS) is 12.2. The topological polar surface area (TPSA) is 35.2 Å². The molecule has 0 saturated carbocycles. The summed E-state index contributed by atoms with van der Waals surface area (Å²) in [6.07, 6.45) is 0. The molecule has 0 aliphatic heterocycles. The molecular formula is C17H21NO. The first-order valence-corrected chi connectivity index (χ1v) is 6.59. The molecule has 2 heteroatoms. The van der Waals surface area contributed by atoms with E-state index >= 15 is 0 Å². The number of benzene rings is 2. The maximum atomic E-state index is 6.19. The molecule has 0 aliphatic rings. The summed E-state index contributed by atoms with van der Waals surface area (Å²) in [4.78, 5) is 0. The molecule has 0 aromatic heterocycles. The number of aryl methyl sites for hydroxylation is 3. The Bertz CT molecular complexity index is 563. The fourth-order valence-corrected chi connectivity index (χ4v) is 2.08. The number of nitrogens with two attached hydrogens (primary N) is 1. The van der Waals surface area contributed by atoms with Crippen LogP contribution in [0, 0.1) is 20.8 Å². The molecule has 2 aromatic carbocycles. The SMILES string of the molecule is Cc1ccc(OCC(N)c2ccccc2C)cc1C. The minimum absolute atomic E-state index is 0.0946. The molecule has 1 atom stereocenters. The van der Waals surface area contributed by atoms with Crippen molar-refractivity contribution in [2.24, 2.45) is 5.73 Å². The lowest BCUT2D eigenvalue weighted by molar-refractivity contribution is 0.290. The van der Waals surface area contributed by atoms with E-state index in [1.165, 1.54) is 16.7 Å². The maximum absolute atomic E-state index is 6.19. The van der Waals surface area contributed by atoms with Crippen molar-refractivity contribution in [2.75, 3.05) is 6.61 Å². The minimum Gasteiger partial charge on any atom is -0.492 e. The van der Waals surface area contributed by atoms with Gasteiger partial charge in [-0.05, 0) is 55.2 Å². The third-order valence-corrected chi connectivity index (χ3v) is 3.50. The summed E-state index contributed by atoms with van der Waals surface area (Å²) >= 11 is 0. The first-order valence-electron chi connectivity index (χ1n) is 6.59. The number of hydrogen-bond acceptors (Lipinski definition) is 2. The Morgan fingerprint density at radius 2 is 1.68 bits per heavy atom. The van der Waals surface area contributed by atoms with Gasteiger partial charge in [-0.15, -0.1) is 0 Å². The number of rotatable bonds is 4. The molecule has 2 rings (SSSR count). The van der Waals surface area contributed by atoms with Crippen molar-refractivity contribution >= 4 is 0 Å². The van der Waals surface area contributed by atoms with Crippen molar-refractivity contribution in [1.82, 2.24) is 0 Å². The zero-order valence-corrected chi connectivity index (χ0v) is 11.8. The summed E-state index contributed by atoms with van der Waals surface area (Å²) in [5, 5.41) is 0. The van der Waals surface area contributed by atoms with Crippen LogP contribution in [0.3, 0.4) is 0 Å². The third kappa shape index (κ3) is 3.36. The number of hydrogen-bond donors (Lipinski definition) is 1. The van der Waals surface area contributed by atoms with Gasteiger partial charge in [0.05, 0.1) is 6.04 Å². The maximum Gasteiger partial charge on any atom is 0.119 e. The van der Waals surface area contributed by atoms with E-state index in [0.717, 1.165) is 11.3 Å². The van der Waals surface area contributed by atoms with E-state index in [1.807, 2.05) is 18.2 Å². The van der Waals surface area contributed by atoms with E-state index in [4.69, 9.17) is 10.5 Å². The summed E-state index contributed by atoms with van der Waals surface area (Å²) in [5.41, 5.74) is 11.1. The van der Waals surface area contributed by atoms with Gasteiger partial charge in [0.25, 0.3) is 0 Å². The molecule has 19 heavy (non-hydrogen) atoms. The minimum atomic E-state index is -0.0946. The second kappa shape index (κ2) is 5.89. The van der Waals surface area contributed by atoms with Crippen LogP contribution in [-0.4, -0.2) is 6.61 Å². The van der Waals surface area contributed by atoms with Gasteiger partial charge in [-0.25, -0.2) is 0 Å². The average Bonchev–Trinajstić information content (AvgIpc) is 2.40. The summed E-state index contributed by atoms with van der Waals surface area (Å²) in [6, 6.07) is 14.2. The van der Waals surface area contributed by atoms with Crippen molar-refractivity contribution in [2.45, 2.75) is 26.8 Å². The lowest BCUT2D eigenvalue weighted by Crippen LogP contribution is -2.19. The molecule has 0 bridgehead atoms. The average molecular weight is 255 g/mol. The molecule has 100 valence electrons. The third-order valence-electron chi connectivity index (χ3n) is 3.50. The molecular weight excluding hydrogens is 234 g/mol. The van der Waals surface area contributed by atoms with Crippen LogP contribution in [0.1, 0.15) is 28.3 Å². The summed E-state index contributed by atoms with van der Waals surface area (Å²) in [7, 11) is 0. The van der Waals surface area contributed by atoms with E-state index in [9.17, 15) is 0 Å². The molecule has 1 unspecified atom stereocenters. The van der Waals surface area contributed by atoms with E-state index in [2.05, 4.69) is 45.0 Å². The summed E-state index contributed by atoms with van der Waals surface area (Å²) in [5.74, 6) is 0.882. The fraction of sp³-hybridized carbons (Fsp3) is 0.294. The van der Waals surface area contributed by atoms with Crippen LogP contribution < -0.4 is 10.5 Å². The van der Waals surface area contributed by atoms with Gasteiger partial charge in [-0.1, -0.05) is 30.3 Å². The van der Waals surface area contributed by atoms with Gasteiger partial charge in [-0.3, -0.25) is 0 Å². The molecule has 2 nitrogen and oxygen atoms in total. The molecule has 0 amide bonds. The van der Waals surface area contributed by atoms with E-state index in [1.54, 1.807) is 0 Å². The van der Waals surface area contributed by atoms with Crippen molar-refractivity contribution in [3.05, 3.63) is 64.7 Å². The highest BCUT2D eigenvalue weighted by atomic mass is 16.5. The Morgan fingerprint density at radius 3 is 2.37 bits per heavy atom. The quantitative estimate of drug-likeness (QED) is 0.904. The van der Waals surface area contributed by atoms with Crippen LogP contribution in [0.25, 0.3) is 0 Å². The molecule has 0 radical (unpaired) electrons. The van der Waals surface area contributed by atoms with E-state index < -0.39 is 0 Å². The number of ether oxygens (including phenoxy) is 1. The molecule has 0 spiro atoms. The van der Waals surface area contributed by atoms with E-state index in [-0.39, 0.29) is 6.04 Å². The van der Waals surface area contributed by atoms with Crippen LogP contribution in [0.4, 0.5) is 0 Å². The van der Waals surface area contributed by atoms with Crippen molar-refractivity contribution in [3.8, 4) is 5.75 Å². The van der Waals surface area contributed by atoms with Gasteiger partial charge in [-0.2, -0.15) is 0 Å². The lowest BCUT2D eigenvalue weighted by Gasteiger charge is -2.16. The Kier molecular flexibility index (Phi) is 4.23. The lowest BCUT2D eigenvalue weighted by atomic mass is 10.0. The van der Waals surface area contributed by atoms with Gasteiger partial charge < -0.3 is 10.5 Å². The Labute approximate surface area is 115 Å². The molecule has 2 N–H and O–H groups in total. The fourth-order valence-electron chi connectivity index (χ4n) is 2.08. The Morgan fingerprint density at radius 1 is 0.947 bits per heavy atom. The zero-order valence-electron chi connectivity index (χ0n) is 11.8. The monoisotopic (exact) mass is 255 g/mol. The molecule has 0 heterocycles. The van der Waals surface area contributed by atoms with Crippen LogP contribution in [0.5, 0.6) is 5.75 Å². The zero-order chi connectivity index (χ0) is 13.8. The molecule has 2 aromatic rings.